The number of nitrogens with zero attached hydrogens (tertiary/aromatic N) is 5. The zero-order valence-electron chi connectivity index (χ0n) is 25.5. The molecular formula is C29H20N6O13S4. The number of para-hydroxylation sites is 1. The van der Waals surface area contributed by atoms with Gasteiger partial charge in [-0.25, -0.2) is 0 Å². The largest absolute Gasteiger partial charge is 0.505 e. The molecule has 1 heterocycles. The number of phenols is 1. The second-order valence-electron chi connectivity index (χ2n) is 10.8. The molecule has 19 nitrogen and oxygen atoms in total. The molecule has 0 saturated carbocycles. The van der Waals surface area contributed by atoms with Gasteiger partial charge < -0.3 is 10.8 Å². The maximum Gasteiger partial charge on any atom is 0.296 e. The second-order valence-corrected chi connectivity index (χ2v) is 16.4. The molecule has 0 unspecified atom stereocenters. The molecule has 23 heteroatoms. The maximum atomic E-state index is 12.3. The van der Waals surface area contributed by atoms with Crippen LogP contribution in [0.5, 0.6) is 5.75 Å². The van der Waals surface area contributed by atoms with E-state index >= 15 is 0 Å². The number of hydrogen-bond acceptors (Lipinski definition) is 15. The molecule has 6 aromatic rings. The molecule has 52 heavy (non-hydrogen) atoms. The van der Waals surface area contributed by atoms with Crippen molar-refractivity contribution in [3.8, 4) is 5.75 Å². The standard InChI is InChI=1S/C29H20N6O13S4/c30-21-12-19-15(9-25(21)51(43,44)45)10-26(52(46,47)48)28(29(19)36)35-34-23-7-6-22(18-5-4-17(11-20(18)23)49(37,38)39)33-32-16-8-14-2-1-3-24(50(40,41)42)27(14)31-13-16/h1-13,36H,30H2,(H,37,38,39)(H,40,41,42)(H,43,44,45)(H,46,47,48)/b33-32+,35-34+. The molecule has 0 bridgehead atoms. The highest BCUT2D eigenvalue weighted by atomic mass is 32.2. The van der Waals surface area contributed by atoms with Gasteiger partial charge in [0.05, 0.1) is 33.7 Å². The molecule has 0 aliphatic heterocycles. The summed E-state index contributed by atoms with van der Waals surface area (Å²) in [5.41, 5.74) is 4.40. The van der Waals surface area contributed by atoms with Crippen molar-refractivity contribution < 1.29 is 57.0 Å². The third kappa shape index (κ3) is 7.01. The van der Waals surface area contributed by atoms with E-state index in [2.05, 4.69) is 25.4 Å². The van der Waals surface area contributed by atoms with Crippen molar-refractivity contribution in [2.45, 2.75) is 19.6 Å². The van der Waals surface area contributed by atoms with Crippen LogP contribution in [0.4, 0.5) is 28.4 Å². The Balaban J connectivity index is 1.49. The summed E-state index contributed by atoms with van der Waals surface area (Å²) >= 11 is 0. The molecule has 5 aromatic carbocycles. The number of azo groups is 2. The fourth-order valence-corrected chi connectivity index (χ4v) is 7.60. The molecule has 268 valence electrons. The van der Waals surface area contributed by atoms with Crippen LogP contribution in [0.3, 0.4) is 0 Å². The number of anilines is 1. The van der Waals surface area contributed by atoms with Crippen molar-refractivity contribution in [3.05, 3.63) is 79.0 Å². The number of hydrogen-bond donors (Lipinski definition) is 6. The van der Waals surface area contributed by atoms with Gasteiger partial charge in [-0.3, -0.25) is 23.2 Å². The normalized spacial score (nSPS) is 13.2. The molecule has 0 fully saturated rings. The summed E-state index contributed by atoms with van der Waals surface area (Å²) in [7, 11) is -19.4. The topological polar surface area (TPSA) is 326 Å². The lowest BCUT2D eigenvalue weighted by molar-refractivity contribution is 0.472. The molecule has 6 rings (SSSR count). The molecule has 0 saturated heterocycles. The quantitative estimate of drug-likeness (QED) is 0.0617. The van der Waals surface area contributed by atoms with Crippen LogP contribution in [-0.2, 0) is 40.5 Å². The van der Waals surface area contributed by atoms with E-state index in [1.165, 1.54) is 48.7 Å². The van der Waals surface area contributed by atoms with Crippen molar-refractivity contribution >= 4 is 101 Å². The van der Waals surface area contributed by atoms with Crippen molar-refractivity contribution in [2.24, 2.45) is 20.5 Å². The van der Waals surface area contributed by atoms with E-state index in [0.717, 1.165) is 30.3 Å². The van der Waals surface area contributed by atoms with Crippen LogP contribution >= 0.6 is 0 Å². The molecule has 0 radical (unpaired) electrons. The Labute approximate surface area is 292 Å². The van der Waals surface area contributed by atoms with Gasteiger partial charge in [0.2, 0.25) is 0 Å². The highest BCUT2D eigenvalue weighted by molar-refractivity contribution is 7.86. The Morgan fingerprint density at radius 2 is 1.17 bits per heavy atom. The van der Waals surface area contributed by atoms with Gasteiger partial charge in [0.25, 0.3) is 40.5 Å². The van der Waals surface area contributed by atoms with E-state index in [4.69, 9.17) is 5.73 Å². The monoisotopic (exact) mass is 788 g/mol. The number of aromatic nitrogens is 1. The van der Waals surface area contributed by atoms with Crippen molar-refractivity contribution in [1.29, 1.82) is 0 Å². The lowest BCUT2D eigenvalue weighted by atomic mass is 10.1. The van der Waals surface area contributed by atoms with Crippen LogP contribution in [0.15, 0.2) is 119 Å². The minimum atomic E-state index is -5.19. The average Bonchev–Trinajstić information content (AvgIpc) is 3.04. The summed E-state index contributed by atoms with van der Waals surface area (Å²) in [6, 6.07) is 13.8. The molecule has 1 aromatic heterocycles. The van der Waals surface area contributed by atoms with Crippen molar-refractivity contribution in [2.75, 3.05) is 5.73 Å². The average molecular weight is 789 g/mol. The number of nitrogens with two attached hydrogens (primary N) is 1. The third-order valence-corrected chi connectivity index (χ3v) is 11.0. The van der Waals surface area contributed by atoms with E-state index in [-0.39, 0.29) is 44.1 Å². The van der Waals surface area contributed by atoms with Gasteiger partial charge in [-0.05, 0) is 60.0 Å². The van der Waals surface area contributed by atoms with Crippen LogP contribution in [0.2, 0.25) is 0 Å². The Morgan fingerprint density at radius 1 is 0.558 bits per heavy atom. The fourth-order valence-electron chi connectivity index (χ4n) is 5.14. The smallest absolute Gasteiger partial charge is 0.296 e. The minimum Gasteiger partial charge on any atom is -0.505 e. The summed E-state index contributed by atoms with van der Waals surface area (Å²) in [4.78, 5) is 1.21. The first-order chi connectivity index (χ1) is 24.1. The van der Waals surface area contributed by atoms with Gasteiger partial charge >= 0.3 is 0 Å². The zero-order valence-corrected chi connectivity index (χ0v) is 28.7. The van der Waals surface area contributed by atoms with E-state index < -0.39 is 77.2 Å². The number of phenolic OH excluding ortho intramolecular Hbond substituents is 1. The van der Waals surface area contributed by atoms with Crippen molar-refractivity contribution in [1.82, 2.24) is 4.98 Å². The first-order valence-electron chi connectivity index (χ1n) is 13.9. The predicted molar refractivity (Wildman–Crippen MR) is 183 cm³/mol. The second kappa shape index (κ2) is 12.6. The van der Waals surface area contributed by atoms with Gasteiger partial charge in [-0.1, -0.05) is 18.2 Å². The van der Waals surface area contributed by atoms with Crippen LogP contribution in [-0.4, -0.2) is 62.0 Å². The van der Waals surface area contributed by atoms with E-state index in [1.54, 1.807) is 0 Å². The third-order valence-electron chi connectivity index (χ3n) is 7.45. The number of nitrogen functional groups attached to an aromatic ring is 1. The molecule has 0 atom stereocenters. The summed E-state index contributed by atoms with van der Waals surface area (Å²) in [5, 5.41) is 26.9. The van der Waals surface area contributed by atoms with Crippen LogP contribution in [0, 0.1) is 0 Å². The number of rotatable bonds is 8. The number of benzene rings is 5. The molecule has 7 N–H and O–H groups in total. The fraction of sp³-hybridized carbons (Fsp3) is 0. The highest BCUT2D eigenvalue weighted by Crippen LogP contribution is 2.44. The Morgan fingerprint density at radius 3 is 1.81 bits per heavy atom. The zero-order chi connectivity index (χ0) is 38.0. The molecule has 0 amide bonds. The lowest BCUT2D eigenvalue weighted by Gasteiger charge is -2.11. The molecular weight excluding hydrogens is 769 g/mol. The van der Waals surface area contributed by atoms with Gasteiger partial charge in [0, 0.05) is 21.5 Å². The number of aromatic hydroxyl groups is 1. The van der Waals surface area contributed by atoms with E-state index in [0.29, 0.717) is 5.39 Å². The summed E-state index contributed by atoms with van der Waals surface area (Å²) in [5.74, 6) is -0.927. The first kappa shape index (κ1) is 36.3. The summed E-state index contributed by atoms with van der Waals surface area (Å²) in [6.45, 7) is 0. The SMILES string of the molecule is Nc1cc2c(O)c(/N=N/c3ccc(/N=N/c4cnc5c(S(=O)(=O)O)cccc5c4)c4ccc(S(=O)(=O)O)cc34)c(S(=O)(=O)O)cc2cc1S(=O)(=O)O. The maximum absolute atomic E-state index is 12.3. The van der Waals surface area contributed by atoms with E-state index in [9.17, 15) is 57.0 Å². The summed E-state index contributed by atoms with van der Waals surface area (Å²) < 4.78 is 134. The molecule has 0 aliphatic rings. The van der Waals surface area contributed by atoms with E-state index in [1.807, 2.05) is 0 Å². The van der Waals surface area contributed by atoms with Gasteiger partial charge in [0.1, 0.15) is 26.1 Å². The minimum absolute atomic E-state index is 0.0252. The first-order valence-corrected chi connectivity index (χ1v) is 19.7. The summed E-state index contributed by atoms with van der Waals surface area (Å²) in [6.07, 6.45) is 1.18. The Hall–Kier alpha value is -5.53. The van der Waals surface area contributed by atoms with Crippen LogP contribution in [0.25, 0.3) is 32.4 Å². The molecule has 0 spiro atoms. The lowest BCUT2D eigenvalue weighted by Crippen LogP contribution is -2.04. The van der Waals surface area contributed by atoms with Crippen LogP contribution in [0.1, 0.15) is 0 Å². The molecule has 0 aliphatic carbocycles. The Kier molecular flexibility index (Phi) is 8.79. The Bertz CT molecular complexity index is 3040. The number of pyridine rings is 1. The van der Waals surface area contributed by atoms with Gasteiger partial charge in [-0.2, -0.15) is 33.7 Å². The van der Waals surface area contributed by atoms with Crippen molar-refractivity contribution in [3.63, 3.8) is 0 Å². The van der Waals surface area contributed by atoms with Crippen LogP contribution < -0.4 is 5.73 Å². The highest BCUT2D eigenvalue weighted by Gasteiger charge is 2.25. The number of fused-ring (bicyclic) bond motifs is 3. The van der Waals surface area contributed by atoms with Gasteiger partial charge in [0.15, 0.2) is 5.75 Å². The van der Waals surface area contributed by atoms with Gasteiger partial charge in [-0.15, -0.1) is 20.5 Å². The predicted octanol–water partition coefficient (Wildman–Crippen LogP) is 5.65.